The summed E-state index contributed by atoms with van der Waals surface area (Å²) >= 11 is 5.14. The third-order valence-corrected chi connectivity index (χ3v) is 4.13. The summed E-state index contributed by atoms with van der Waals surface area (Å²) in [6, 6.07) is 10.1. The maximum absolute atomic E-state index is 13.0. The summed E-state index contributed by atoms with van der Waals surface area (Å²) in [6.45, 7) is 0.754. The van der Waals surface area contributed by atoms with Crippen LogP contribution in [0.15, 0.2) is 42.5 Å². The van der Waals surface area contributed by atoms with E-state index in [2.05, 4.69) is 10.6 Å². The quantitative estimate of drug-likeness (QED) is 0.686. The van der Waals surface area contributed by atoms with Crippen LogP contribution in [0.2, 0.25) is 0 Å². The summed E-state index contributed by atoms with van der Waals surface area (Å²) in [4.78, 5) is 0. The first kappa shape index (κ1) is 19.2. The molecular weight excluding hydrogens is 381 g/mol. The van der Waals surface area contributed by atoms with E-state index < -0.39 is 17.8 Å². The molecule has 0 fully saturated rings. The molecule has 0 saturated heterocycles. The zero-order chi connectivity index (χ0) is 19.4. The van der Waals surface area contributed by atoms with E-state index in [0.29, 0.717) is 30.4 Å². The highest BCUT2D eigenvalue weighted by atomic mass is 32.1. The van der Waals surface area contributed by atoms with Gasteiger partial charge in [0.2, 0.25) is 0 Å². The van der Waals surface area contributed by atoms with Gasteiger partial charge in [-0.3, -0.25) is 0 Å². The van der Waals surface area contributed by atoms with Crippen molar-refractivity contribution in [1.82, 2.24) is 5.32 Å². The molecule has 0 spiro atoms. The summed E-state index contributed by atoms with van der Waals surface area (Å²) in [5, 5.41) is 15.9. The molecule has 27 heavy (non-hydrogen) atoms. The van der Waals surface area contributed by atoms with E-state index >= 15 is 0 Å². The van der Waals surface area contributed by atoms with Gasteiger partial charge >= 0.3 is 6.18 Å². The fourth-order valence-electron chi connectivity index (χ4n) is 2.64. The van der Waals surface area contributed by atoms with Crippen LogP contribution in [0.25, 0.3) is 0 Å². The largest absolute Gasteiger partial charge is 0.486 e. The van der Waals surface area contributed by atoms with Crippen LogP contribution in [-0.2, 0) is 6.18 Å². The number of aliphatic hydroxyl groups is 1. The summed E-state index contributed by atoms with van der Waals surface area (Å²) in [5.74, 6) is 1.21. The zero-order valence-corrected chi connectivity index (χ0v) is 14.9. The second-order valence-electron chi connectivity index (χ2n) is 5.79. The van der Waals surface area contributed by atoms with Gasteiger partial charge in [-0.15, -0.1) is 0 Å². The highest BCUT2D eigenvalue weighted by Crippen LogP contribution is 2.34. The molecule has 0 amide bonds. The Hall–Kier alpha value is -2.52. The molecule has 5 nitrogen and oxygen atoms in total. The average molecular weight is 398 g/mol. The minimum Gasteiger partial charge on any atom is -0.486 e. The van der Waals surface area contributed by atoms with E-state index in [0.717, 1.165) is 6.07 Å². The van der Waals surface area contributed by atoms with Crippen LogP contribution in [0.3, 0.4) is 0 Å². The van der Waals surface area contributed by atoms with Gasteiger partial charge in [-0.1, -0.05) is 18.2 Å². The minimum atomic E-state index is -4.54. The molecule has 0 unspecified atom stereocenters. The number of halogens is 3. The van der Waals surface area contributed by atoms with E-state index in [9.17, 15) is 18.3 Å². The number of hydrogen-bond acceptors (Lipinski definition) is 4. The summed E-state index contributed by atoms with van der Waals surface area (Å²) < 4.78 is 50.0. The van der Waals surface area contributed by atoms with Crippen molar-refractivity contribution in [1.29, 1.82) is 0 Å². The van der Waals surface area contributed by atoms with E-state index in [4.69, 9.17) is 21.7 Å². The number of fused-ring (bicyclic) bond motifs is 1. The van der Waals surface area contributed by atoms with Gasteiger partial charge in [0.1, 0.15) is 13.2 Å². The van der Waals surface area contributed by atoms with Crippen LogP contribution >= 0.6 is 12.2 Å². The van der Waals surface area contributed by atoms with Gasteiger partial charge in [-0.05, 0) is 36.0 Å². The van der Waals surface area contributed by atoms with Crippen molar-refractivity contribution in [2.75, 3.05) is 25.1 Å². The molecule has 0 bridgehead atoms. The first-order valence-electron chi connectivity index (χ1n) is 8.13. The molecule has 0 aliphatic carbocycles. The normalized spacial score (nSPS) is 14.4. The second-order valence-corrected chi connectivity index (χ2v) is 6.20. The number of hydrogen-bond donors (Lipinski definition) is 3. The fourth-order valence-corrected chi connectivity index (χ4v) is 2.84. The fraction of sp³-hybridized carbons (Fsp3) is 0.278. The lowest BCUT2D eigenvalue weighted by Crippen LogP contribution is -2.32. The van der Waals surface area contributed by atoms with Gasteiger partial charge in [0.05, 0.1) is 11.7 Å². The molecule has 2 aromatic rings. The van der Waals surface area contributed by atoms with E-state index in [1.165, 1.54) is 18.2 Å². The highest BCUT2D eigenvalue weighted by Gasteiger charge is 2.34. The smallest absolute Gasteiger partial charge is 0.416 e. The third kappa shape index (κ3) is 4.81. The molecule has 144 valence electrons. The van der Waals surface area contributed by atoms with Gasteiger partial charge in [-0.2, -0.15) is 13.2 Å². The molecule has 1 atom stereocenters. The Kier molecular flexibility index (Phi) is 5.71. The number of thiocarbonyl (C=S) groups is 1. The van der Waals surface area contributed by atoms with Crippen molar-refractivity contribution in [2.45, 2.75) is 12.3 Å². The number of rotatable bonds is 4. The van der Waals surface area contributed by atoms with Crippen molar-refractivity contribution in [3.63, 3.8) is 0 Å². The number of benzene rings is 2. The van der Waals surface area contributed by atoms with E-state index in [1.54, 1.807) is 18.2 Å². The molecular formula is C18H17F3N2O3S. The number of anilines is 1. The van der Waals surface area contributed by atoms with Crippen LogP contribution < -0.4 is 20.1 Å². The average Bonchev–Trinajstić information content (AvgIpc) is 2.65. The monoisotopic (exact) mass is 398 g/mol. The summed E-state index contributed by atoms with van der Waals surface area (Å²) in [5.41, 5.74) is -0.452. The van der Waals surface area contributed by atoms with Crippen molar-refractivity contribution in [2.24, 2.45) is 0 Å². The molecule has 2 aromatic carbocycles. The number of ether oxygens (including phenoxy) is 2. The topological polar surface area (TPSA) is 62.8 Å². The first-order chi connectivity index (χ1) is 12.8. The van der Waals surface area contributed by atoms with Gasteiger partial charge in [0, 0.05) is 18.3 Å². The standard InChI is InChI=1S/C18H17F3N2O3S/c19-18(20,21)13-4-2-1-3-12(13)14(24)10-22-17(27)23-11-5-6-15-16(9-11)26-8-7-25-15/h1-6,9,14,24H,7-8,10H2,(H2,22,23,27)/t14-/m1/s1. The van der Waals surface area contributed by atoms with Crippen LogP contribution in [-0.4, -0.2) is 30.0 Å². The van der Waals surface area contributed by atoms with Gasteiger partial charge in [0.15, 0.2) is 16.6 Å². The number of aliphatic hydroxyl groups excluding tert-OH is 1. The Morgan fingerprint density at radius 3 is 2.56 bits per heavy atom. The van der Waals surface area contributed by atoms with E-state index in [-0.39, 0.29) is 17.2 Å². The lowest BCUT2D eigenvalue weighted by atomic mass is 10.0. The predicted octanol–water partition coefficient (Wildman–Crippen LogP) is 3.50. The molecule has 1 aliphatic heterocycles. The van der Waals surface area contributed by atoms with E-state index in [1.807, 2.05) is 0 Å². The molecule has 1 heterocycles. The van der Waals surface area contributed by atoms with Gasteiger partial charge < -0.3 is 25.2 Å². The van der Waals surface area contributed by atoms with Crippen LogP contribution in [0.1, 0.15) is 17.2 Å². The third-order valence-electron chi connectivity index (χ3n) is 3.88. The van der Waals surface area contributed by atoms with Crippen LogP contribution in [0.5, 0.6) is 11.5 Å². The Bertz CT molecular complexity index is 830. The van der Waals surface area contributed by atoms with Crippen LogP contribution in [0.4, 0.5) is 18.9 Å². The van der Waals surface area contributed by atoms with Crippen molar-refractivity contribution >= 4 is 23.0 Å². The van der Waals surface area contributed by atoms with Crippen molar-refractivity contribution < 1.29 is 27.8 Å². The molecule has 9 heteroatoms. The predicted molar refractivity (Wildman–Crippen MR) is 98.1 cm³/mol. The Morgan fingerprint density at radius 2 is 1.81 bits per heavy atom. The summed E-state index contributed by atoms with van der Waals surface area (Å²) in [6.07, 6.45) is -5.91. The Labute approximate surface area is 159 Å². The Morgan fingerprint density at radius 1 is 1.11 bits per heavy atom. The van der Waals surface area contributed by atoms with Gasteiger partial charge in [0.25, 0.3) is 0 Å². The second kappa shape index (κ2) is 8.01. The Balaban J connectivity index is 1.60. The molecule has 1 aliphatic rings. The molecule has 3 rings (SSSR count). The SMILES string of the molecule is O[C@H](CNC(=S)Nc1ccc2c(c1)OCCO2)c1ccccc1C(F)(F)F. The molecule has 0 saturated carbocycles. The molecule has 3 N–H and O–H groups in total. The lowest BCUT2D eigenvalue weighted by Gasteiger charge is -2.20. The van der Waals surface area contributed by atoms with Gasteiger partial charge in [-0.25, -0.2) is 0 Å². The number of nitrogens with one attached hydrogen (secondary N) is 2. The first-order valence-corrected chi connectivity index (χ1v) is 8.54. The van der Waals surface area contributed by atoms with Crippen molar-refractivity contribution in [3.05, 3.63) is 53.6 Å². The minimum absolute atomic E-state index is 0.162. The summed E-state index contributed by atoms with van der Waals surface area (Å²) in [7, 11) is 0. The van der Waals surface area contributed by atoms with Crippen LogP contribution in [0, 0.1) is 0 Å². The molecule has 0 radical (unpaired) electrons. The van der Waals surface area contributed by atoms with Crippen molar-refractivity contribution in [3.8, 4) is 11.5 Å². The number of alkyl halides is 3. The molecule has 0 aromatic heterocycles. The lowest BCUT2D eigenvalue weighted by molar-refractivity contribution is -0.139. The highest BCUT2D eigenvalue weighted by molar-refractivity contribution is 7.80. The maximum atomic E-state index is 13.0. The zero-order valence-electron chi connectivity index (χ0n) is 14.0. The maximum Gasteiger partial charge on any atom is 0.416 e.